The van der Waals surface area contributed by atoms with Gasteiger partial charge in [0.25, 0.3) is 0 Å². The first-order valence-electron chi connectivity index (χ1n) is 5.51. The second kappa shape index (κ2) is 6.86. The van der Waals surface area contributed by atoms with Gasteiger partial charge in [0.15, 0.2) is 0 Å². The third kappa shape index (κ3) is 4.04. The molecule has 0 aliphatic rings. The molecule has 0 N–H and O–H groups in total. The van der Waals surface area contributed by atoms with E-state index in [4.69, 9.17) is 4.74 Å². The van der Waals surface area contributed by atoms with Crippen LogP contribution < -0.4 is 4.74 Å². The lowest BCUT2D eigenvalue weighted by molar-refractivity contribution is 0.304. The van der Waals surface area contributed by atoms with Crippen molar-refractivity contribution in [3.05, 3.63) is 62.3 Å². The van der Waals surface area contributed by atoms with E-state index in [2.05, 4.69) is 47.8 Å². The van der Waals surface area contributed by atoms with E-state index >= 15 is 0 Å². The van der Waals surface area contributed by atoms with Gasteiger partial charge in [-0.3, -0.25) is 0 Å². The number of ether oxygens (including phenoxy) is 1. The topological polar surface area (TPSA) is 9.23 Å². The van der Waals surface area contributed by atoms with Gasteiger partial charge in [-0.25, -0.2) is 4.39 Å². The van der Waals surface area contributed by atoms with Gasteiger partial charge in [0.1, 0.15) is 18.2 Å². The van der Waals surface area contributed by atoms with Gasteiger partial charge < -0.3 is 4.74 Å². The predicted octanol–water partition coefficient (Wildman–Crippen LogP) is 5.82. The monoisotopic (exact) mass is 450 g/mol. The Morgan fingerprint density at radius 2 is 1.63 bits per heavy atom. The van der Waals surface area contributed by atoms with Crippen LogP contribution in [-0.2, 0) is 11.9 Å². The van der Waals surface area contributed by atoms with E-state index in [1.807, 2.05) is 18.2 Å². The summed E-state index contributed by atoms with van der Waals surface area (Å²) in [5, 5.41) is 0.802. The molecule has 0 heterocycles. The van der Waals surface area contributed by atoms with Crippen LogP contribution in [0.3, 0.4) is 0 Å². The van der Waals surface area contributed by atoms with Gasteiger partial charge in [0.05, 0.1) is 8.95 Å². The molecule has 2 rings (SSSR count). The highest BCUT2D eigenvalue weighted by Crippen LogP contribution is 2.28. The van der Waals surface area contributed by atoms with Crippen LogP contribution in [0.15, 0.2) is 45.3 Å². The normalized spacial score (nSPS) is 10.5. The molecule has 5 heteroatoms. The molecule has 0 atom stereocenters. The van der Waals surface area contributed by atoms with Crippen LogP contribution in [0.4, 0.5) is 4.39 Å². The van der Waals surface area contributed by atoms with Gasteiger partial charge >= 0.3 is 0 Å². The van der Waals surface area contributed by atoms with Gasteiger partial charge in [-0.1, -0.05) is 28.1 Å². The number of benzene rings is 2. The standard InChI is InChI=1S/C14H10Br3FO/c15-7-9-2-4-14(12(17)5-9)19-8-10-1-3-13(18)11(16)6-10/h1-6H,7-8H2. The summed E-state index contributed by atoms with van der Waals surface area (Å²) in [5.41, 5.74) is 2.08. The minimum atomic E-state index is -0.272. The maximum Gasteiger partial charge on any atom is 0.137 e. The summed E-state index contributed by atoms with van der Waals surface area (Å²) in [6.07, 6.45) is 0. The van der Waals surface area contributed by atoms with Crippen molar-refractivity contribution >= 4 is 47.8 Å². The molecule has 0 unspecified atom stereocenters. The molecule has 2 aromatic rings. The third-order valence-corrected chi connectivity index (χ3v) is 4.40. The van der Waals surface area contributed by atoms with Crippen LogP contribution in [0.1, 0.15) is 11.1 Å². The molecule has 0 spiro atoms. The van der Waals surface area contributed by atoms with Crippen molar-refractivity contribution in [3.8, 4) is 5.75 Å². The lowest BCUT2D eigenvalue weighted by Crippen LogP contribution is -1.97. The van der Waals surface area contributed by atoms with Crippen molar-refractivity contribution in [3.63, 3.8) is 0 Å². The minimum absolute atomic E-state index is 0.272. The van der Waals surface area contributed by atoms with Gasteiger partial charge in [-0.2, -0.15) is 0 Å². The third-order valence-electron chi connectivity index (χ3n) is 2.53. The largest absolute Gasteiger partial charge is 0.488 e. The number of hydrogen-bond donors (Lipinski definition) is 0. The average Bonchev–Trinajstić information content (AvgIpc) is 2.41. The summed E-state index contributed by atoms with van der Waals surface area (Å²) in [6.45, 7) is 0.394. The van der Waals surface area contributed by atoms with Crippen molar-refractivity contribution in [2.75, 3.05) is 0 Å². The molecular formula is C14H10Br3FO. The molecule has 0 aromatic heterocycles. The van der Waals surface area contributed by atoms with Crippen LogP contribution in [0.25, 0.3) is 0 Å². The van der Waals surface area contributed by atoms with Crippen molar-refractivity contribution in [2.45, 2.75) is 11.9 Å². The SMILES string of the molecule is Fc1ccc(COc2ccc(CBr)cc2Br)cc1Br. The second-order valence-corrected chi connectivity index (χ2v) is 6.20. The molecule has 0 aliphatic carbocycles. The molecule has 19 heavy (non-hydrogen) atoms. The van der Waals surface area contributed by atoms with Gasteiger partial charge in [-0.05, 0) is 67.3 Å². The Morgan fingerprint density at radius 3 is 2.26 bits per heavy atom. The zero-order valence-corrected chi connectivity index (χ0v) is 14.6. The zero-order chi connectivity index (χ0) is 13.8. The van der Waals surface area contributed by atoms with Crippen LogP contribution >= 0.6 is 47.8 Å². The number of halogens is 4. The van der Waals surface area contributed by atoms with E-state index in [-0.39, 0.29) is 5.82 Å². The molecule has 100 valence electrons. The molecule has 0 radical (unpaired) electrons. The van der Waals surface area contributed by atoms with E-state index < -0.39 is 0 Å². The maximum absolute atomic E-state index is 13.1. The van der Waals surface area contributed by atoms with Crippen molar-refractivity contribution in [2.24, 2.45) is 0 Å². The Kier molecular flexibility index (Phi) is 5.42. The first kappa shape index (κ1) is 15.0. The van der Waals surface area contributed by atoms with Crippen molar-refractivity contribution in [1.82, 2.24) is 0 Å². The fourth-order valence-corrected chi connectivity index (χ4v) is 2.85. The van der Waals surface area contributed by atoms with Crippen LogP contribution in [0, 0.1) is 5.82 Å². The fourth-order valence-electron chi connectivity index (χ4n) is 1.54. The highest BCUT2D eigenvalue weighted by atomic mass is 79.9. The first-order valence-corrected chi connectivity index (χ1v) is 8.22. The second-order valence-electron chi connectivity index (χ2n) is 3.94. The van der Waals surface area contributed by atoms with Crippen molar-refractivity contribution in [1.29, 1.82) is 0 Å². The molecule has 0 fully saturated rings. The van der Waals surface area contributed by atoms with E-state index in [0.717, 1.165) is 21.1 Å². The fraction of sp³-hybridized carbons (Fsp3) is 0.143. The Labute approximate surface area is 136 Å². The molecule has 2 aromatic carbocycles. The summed E-state index contributed by atoms with van der Waals surface area (Å²) in [4.78, 5) is 0. The minimum Gasteiger partial charge on any atom is -0.488 e. The Morgan fingerprint density at radius 1 is 0.947 bits per heavy atom. The number of rotatable bonds is 4. The van der Waals surface area contributed by atoms with Gasteiger partial charge in [-0.15, -0.1) is 0 Å². The van der Waals surface area contributed by atoms with Gasteiger partial charge in [0, 0.05) is 5.33 Å². The van der Waals surface area contributed by atoms with Crippen LogP contribution in [-0.4, -0.2) is 0 Å². The summed E-state index contributed by atoms with van der Waals surface area (Å²) < 4.78 is 20.2. The molecular weight excluding hydrogens is 443 g/mol. The van der Waals surface area contributed by atoms with E-state index in [9.17, 15) is 4.39 Å². The lowest BCUT2D eigenvalue weighted by Gasteiger charge is -2.09. The van der Waals surface area contributed by atoms with Crippen LogP contribution in [0.2, 0.25) is 0 Å². The average molecular weight is 453 g/mol. The molecule has 0 saturated carbocycles. The summed E-state index contributed by atoms with van der Waals surface area (Å²) in [5.74, 6) is 0.497. The van der Waals surface area contributed by atoms with E-state index in [1.165, 1.54) is 11.6 Å². The summed E-state index contributed by atoms with van der Waals surface area (Å²) in [6, 6.07) is 10.8. The maximum atomic E-state index is 13.1. The highest BCUT2D eigenvalue weighted by molar-refractivity contribution is 9.11. The van der Waals surface area contributed by atoms with Crippen LogP contribution in [0.5, 0.6) is 5.75 Å². The van der Waals surface area contributed by atoms with E-state index in [1.54, 1.807) is 12.1 Å². The number of hydrogen-bond acceptors (Lipinski definition) is 1. The molecule has 1 nitrogen and oxygen atoms in total. The summed E-state index contributed by atoms with van der Waals surface area (Å²) >= 11 is 10.0. The predicted molar refractivity (Wildman–Crippen MR) is 85.2 cm³/mol. The molecule has 0 saturated heterocycles. The number of alkyl halides is 1. The Bertz CT molecular complexity index is 587. The first-order chi connectivity index (χ1) is 9.10. The zero-order valence-electron chi connectivity index (χ0n) is 9.80. The van der Waals surface area contributed by atoms with Crippen molar-refractivity contribution < 1.29 is 9.13 Å². The summed E-state index contributed by atoms with van der Waals surface area (Å²) in [7, 11) is 0. The quantitative estimate of drug-likeness (QED) is 0.531. The lowest BCUT2D eigenvalue weighted by atomic mass is 10.2. The highest BCUT2D eigenvalue weighted by Gasteiger charge is 2.05. The molecule has 0 aliphatic heterocycles. The van der Waals surface area contributed by atoms with Gasteiger partial charge in [0.2, 0.25) is 0 Å². The molecule has 0 amide bonds. The Balaban J connectivity index is 2.07. The molecule has 0 bridgehead atoms. The smallest absolute Gasteiger partial charge is 0.137 e. The van der Waals surface area contributed by atoms with E-state index in [0.29, 0.717) is 11.1 Å². The Hall–Kier alpha value is -0.390.